The van der Waals surface area contributed by atoms with Crippen LogP contribution in [-0.4, -0.2) is 12.6 Å². The molecule has 0 fully saturated rings. The molecule has 0 atom stereocenters. The summed E-state index contributed by atoms with van der Waals surface area (Å²) in [5.41, 5.74) is 0.418. The molecular formula is C14H14O4. The van der Waals surface area contributed by atoms with Crippen molar-refractivity contribution < 1.29 is 18.7 Å². The fraction of sp³-hybridized carbons (Fsp3) is 0.214. The third kappa shape index (κ3) is 2.53. The van der Waals surface area contributed by atoms with Crippen LogP contribution in [0.25, 0.3) is 0 Å². The van der Waals surface area contributed by atoms with Gasteiger partial charge in [0.05, 0.1) is 12.9 Å². The highest BCUT2D eigenvalue weighted by atomic mass is 16.6. The SMILES string of the molecule is CCOc1ccccc1OC(=O)c1ccoc1C. The minimum Gasteiger partial charge on any atom is -0.490 e. The molecule has 0 saturated heterocycles. The molecule has 1 aromatic carbocycles. The van der Waals surface area contributed by atoms with Crippen LogP contribution in [0.3, 0.4) is 0 Å². The number of hydrogen-bond donors (Lipinski definition) is 0. The molecule has 0 saturated carbocycles. The zero-order valence-corrected chi connectivity index (χ0v) is 10.3. The molecule has 0 aliphatic heterocycles. The second-order valence-electron chi connectivity index (χ2n) is 3.66. The van der Waals surface area contributed by atoms with Gasteiger partial charge in [0.2, 0.25) is 0 Å². The molecule has 4 heteroatoms. The van der Waals surface area contributed by atoms with Crippen LogP contribution >= 0.6 is 0 Å². The summed E-state index contributed by atoms with van der Waals surface area (Å²) in [6, 6.07) is 8.65. The van der Waals surface area contributed by atoms with Gasteiger partial charge in [0.1, 0.15) is 11.3 Å². The normalized spacial score (nSPS) is 10.1. The lowest BCUT2D eigenvalue weighted by molar-refractivity contribution is 0.0726. The van der Waals surface area contributed by atoms with Crippen LogP contribution in [0.1, 0.15) is 23.0 Å². The van der Waals surface area contributed by atoms with E-state index in [0.717, 1.165) is 0 Å². The van der Waals surface area contributed by atoms with Crippen molar-refractivity contribution in [3.8, 4) is 11.5 Å². The minimum absolute atomic E-state index is 0.407. The first-order valence-corrected chi connectivity index (χ1v) is 5.70. The fourth-order valence-corrected chi connectivity index (χ4v) is 1.56. The molecule has 0 radical (unpaired) electrons. The number of rotatable bonds is 4. The summed E-state index contributed by atoms with van der Waals surface area (Å²) in [6.45, 7) is 4.10. The maximum atomic E-state index is 11.9. The van der Waals surface area contributed by atoms with Gasteiger partial charge >= 0.3 is 5.97 Å². The largest absolute Gasteiger partial charge is 0.490 e. The lowest BCUT2D eigenvalue weighted by Gasteiger charge is -2.09. The third-order valence-corrected chi connectivity index (χ3v) is 2.43. The Hall–Kier alpha value is -2.23. The molecular weight excluding hydrogens is 232 g/mol. The van der Waals surface area contributed by atoms with Crippen molar-refractivity contribution in [3.05, 3.63) is 47.9 Å². The fourth-order valence-electron chi connectivity index (χ4n) is 1.56. The number of carbonyl (C=O) groups excluding carboxylic acids is 1. The van der Waals surface area contributed by atoms with Gasteiger partial charge in [-0.2, -0.15) is 0 Å². The Morgan fingerprint density at radius 2 is 1.94 bits per heavy atom. The van der Waals surface area contributed by atoms with E-state index in [9.17, 15) is 4.79 Å². The van der Waals surface area contributed by atoms with Gasteiger partial charge in [-0.25, -0.2) is 4.79 Å². The van der Waals surface area contributed by atoms with Crippen molar-refractivity contribution in [1.82, 2.24) is 0 Å². The zero-order chi connectivity index (χ0) is 13.0. The Labute approximate surface area is 105 Å². The van der Waals surface area contributed by atoms with E-state index in [1.807, 2.05) is 13.0 Å². The second-order valence-corrected chi connectivity index (χ2v) is 3.66. The van der Waals surface area contributed by atoms with Crippen molar-refractivity contribution in [2.75, 3.05) is 6.61 Å². The second kappa shape index (κ2) is 5.40. The van der Waals surface area contributed by atoms with Gasteiger partial charge in [-0.05, 0) is 32.0 Å². The summed E-state index contributed by atoms with van der Waals surface area (Å²) in [5, 5.41) is 0. The minimum atomic E-state index is -0.451. The van der Waals surface area contributed by atoms with E-state index < -0.39 is 5.97 Å². The van der Waals surface area contributed by atoms with Gasteiger partial charge in [-0.1, -0.05) is 12.1 Å². The highest BCUT2D eigenvalue weighted by Gasteiger charge is 2.15. The Bertz CT molecular complexity index is 542. The smallest absolute Gasteiger partial charge is 0.347 e. The molecule has 2 aromatic rings. The Morgan fingerprint density at radius 1 is 1.22 bits per heavy atom. The molecule has 4 nitrogen and oxygen atoms in total. The van der Waals surface area contributed by atoms with Gasteiger partial charge in [0.15, 0.2) is 11.5 Å². The summed E-state index contributed by atoms with van der Waals surface area (Å²) in [6.07, 6.45) is 1.46. The van der Waals surface area contributed by atoms with Gasteiger partial charge in [0, 0.05) is 0 Å². The lowest BCUT2D eigenvalue weighted by atomic mass is 10.2. The van der Waals surface area contributed by atoms with E-state index in [0.29, 0.717) is 29.4 Å². The molecule has 18 heavy (non-hydrogen) atoms. The van der Waals surface area contributed by atoms with Crippen molar-refractivity contribution in [3.63, 3.8) is 0 Å². The number of para-hydroxylation sites is 2. The maximum absolute atomic E-state index is 11.9. The van der Waals surface area contributed by atoms with Crippen molar-refractivity contribution in [2.24, 2.45) is 0 Å². The first-order valence-electron chi connectivity index (χ1n) is 5.70. The van der Waals surface area contributed by atoms with Crippen molar-refractivity contribution >= 4 is 5.97 Å². The first kappa shape index (κ1) is 12.2. The number of ether oxygens (including phenoxy) is 2. The highest BCUT2D eigenvalue weighted by Crippen LogP contribution is 2.27. The quantitative estimate of drug-likeness (QED) is 0.614. The van der Waals surface area contributed by atoms with E-state index in [1.54, 1.807) is 31.2 Å². The van der Waals surface area contributed by atoms with Crippen LogP contribution in [0.4, 0.5) is 0 Å². The topological polar surface area (TPSA) is 48.7 Å². The van der Waals surface area contributed by atoms with Gasteiger partial charge in [-0.15, -0.1) is 0 Å². The lowest BCUT2D eigenvalue weighted by Crippen LogP contribution is -2.09. The molecule has 0 aliphatic rings. The van der Waals surface area contributed by atoms with Crippen LogP contribution < -0.4 is 9.47 Å². The van der Waals surface area contributed by atoms with Crippen molar-refractivity contribution in [1.29, 1.82) is 0 Å². The number of carbonyl (C=O) groups is 1. The van der Waals surface area contributed by atoms with Crippen LogP contribution in [0.2, 0.25) is 0 Å². The zero-order valence-electron chi connectivity index (χ0n) is 10.3. The molecule has 2 rings (SSSR count). The van der Waals surface area contributed by atoms with Crippen LogP contribution in [0, 0.1) is 6.92 Å². The average Bonchev–Trinajstić information content (AvgIpc) is 2.78. The molecule has 0 bridgehead atoms. The third-order valence-electron chi connectivity index (χ3n) is 2.43. The molecule has 0 aliphatic carbocycles. The predicted molar refractivity (Wildman–Crippen MR) is 66.0 cm³/mol. The number of aryl methyl sites for hydroxylation is 1. The summed E-state index contributed by atoms with van der Waals surface area (Å²) < 4.78 is 15.8. The molecule has 0 amide bonds. The number of hydrogen-bond acceptors (Lipinski definition) is 4. The maximum Gasteiger partial charge on any atom is 0.347 e. The number of benzene rings is 1. The molecule has 0 unspecified atom stereocenters. The van der Waals surface area contributed by atoms with Crippen molar-refractivity contribution in [2.45, 2.75) is 13.8 Å². The summed E-state index contributed by atoms with van der Waals surface area (Å²) >= 11 is 0. The molecule has 1 aromatic heterocycles. The number of esters is 1. The molecule has 1 heterocycles. The van der Waals surface area contributed by atoms with E-state index in [-0.39, 0.29) is 0 Å². The number of furan rings is 1. The summed E-state index contributed by atoms with van der Waals surface area (Å²) in [4.78, 5) is 11.9. The van der Waals surface area contributed by atoms with Gasteiger partial charge < -0.3 is 13.9 Å². The van der Waals surface area contributed by atoms with E-state index in [4.69, 9.17) is 13.9 Å². The first-order chi connectivity index (χ1) is 8.72. The summed E-state index contributed by atoms with van der Waals surface area (Å²) in [5.74, 6) is 1.04. The van der Waals surface area contributed by atoms with Crippen LogP contribution in [0.5, 0.6) is 11.5 Å². The van der Waals surface area contributed by atoms with E-state index in [1.165, 1.54) is 6.26 Å². The van der Waals surface area contributed by atoms with Crippen LogP contribution in [0.15, 0.2) is 41.0 Å². The Morgan fingerprint density at radius 3 is 2.56 bits per heavy atom. The Kier molecular flexibility index (Phi) is 3.67. The predicted octanol–water partition coefficient (Wildman–Crippen LogP) is 3.21. The standard InChI is InChI=1S/C14H14O4/c1-3-16-12-6-4-5-7-13(12)18-14(15)11-8-9-17-10(11)2/h4-9H,3H2,1-2H3. The van der Waals surface area contributed by atoms with Crippen LogP contribution in [-0.2, 0) is 0 Å². The summed E-state index contributed by atoms with van der Waals surface area (Å²) in [7, 11) is 0. The van der Waals surface area contributed by atoms with E-state index in [2.05, 4.69) is 0 Å². The molecule has 0 spiro atoms. The molecule has 94 valence electrons. The Balaban J connectivity index is 2.19. The van der Waals surface area contributed by atoms with Gasteiger partial charge in [-0.3, -0.25) is 0 Å². The average molecular weight is 246 g/mol. The molecule has 0 N–H and O–H groups in total. The highest BCUT2D eigenvalue weighted by molar-refractivity contribution is 5.92. The van der Waals surface area contributed by atoms with E-state index >= 15 is 0 Å². The van der Waals surface area contributed by atoms with Gasteiger partial charge in [0.25, 0.3) is 0 Å². The monoisotopic (exact) mass is 246 g/mol.